The number of hydrogen-bond acceptors (Lipinski definition) is 6. The summed E-state index contributed by atoms with van der Waals surface area (Å²) in [6.07, 6.45) is 1.36. The van der Waals surface area contributed by atoms with Crippen LogP contribution < -0.4 is 10.2 Å². The standard InChI is InChI=1S/C23H18N2O6/c1-2-29-17-7-9-20-16(11-17)12-21(31-20)22(26)25-24-13-18-8-10-19(30-18)14-3-5-15(6-4-14)23(27)28/h3-13H,2H2,1H3,(H,25,26)(H,27,28)/b24-13+. The van der Waals surface area contributed by atoms with E-state index in [1.807, 2.05) is 6.92 Å². The van der Waals surface area contributed by atoms with Crippen molar-refractivity contribution in [2.75, 3.05) is 6.61 Å². The van der Waals surface area contributed by atoms with E-state index in [1.54, 1.807) is 48.5 Å². The molecule has 4 aromatic rings. The normalized spacial score (nSPS) is 11.1. The molecule has 0 unspecified atom stereocenters. The molecule has 0 aliphatic rings. The molecule has 2 heterocycles. The van der Waals surface area contributed by atoms with Crippen LogP contribution in [0, 0.1) is 0 Å². The van der Waals surface area contributed by atoms with Crippen molar-refractivity contribution < 1.29 is 28.3 Å². The van der Waals surface area contributed by atoms with Crippen LogP contribution in [-0.4, -0.2) is 29.8 Å². The quantitative estimate of drug-likeness (QED) is 0.336. The van der Waals surface area contributed by atoms with E-state index in [-0.39, 0.29) is 11.3 Å². The lowest BCUT2D eigenvalue weighted by Gasteiger charge is -2.00. The number of carbonyl (C=O) groups is 2. The van der Waals surface area contributed by atoms with Crippen LogP contribution in [0.3, 0.4) is 0 Å². The SMILES string of the molecule is CCOc1ccc2oc(C(=O)N/N=C/c3ccc(-c4ccc(C(=O)O)cc4)o3)cc2c1. The van der Waals surface area contributed by atoms with Crippen molar-refractivity contribution in [3.8, 4) is 17.1 Å². The van der Waals surface area contributed by atoms with Crippen molar-refractivity contribution in [1.82, 2.24) is 5.43 Å². The zero-order valence-corrected chi connectivity index (χ0v) is 16.5. The summed E-state index contributed by atoms with van der Waals surface area (Å²) in [5.41, 5.74) is 3.89. The number of rotatable bonds is 7. The minimum absolute atomic E-state index is 0.124. The van der Waals surface area contributed by atoms with Crippen molar-refractivity contribution in [3.05, 3.63) is 77.7 Å². The highest BCUT2D eigenvalue weighted by Crippen LogP contribution is 2.25. The van der Waals surface area contributed by atoms with E-state index >= 15 is 0 Å². The van der Waals surface area contributed by atoms with Gasteiger partial charge < -0.3 is 18.7 Å². The van der Waals surface area contributed by atoms with Crippen LogP contribution >= 0.6 is 0 Å². The number of carboxylic acid groups (broad SMARTS) is 1. The summed E-state index contributed by atoms with van der Waals surface area (Å²) in [6, 6.07) is 16.7. The number of hydrazone groups is 1. The molecule has 156 valence electrons. The lowest BCUT2D eigenvalue weighted by atomic mass is 10.1. The highest BCUT2D eigenvalue weighted by molar-refractivity contribution is 5.96. The van der Waals surface area contributed by atoms with Crippen molar-refractivity contribution in [2.24, 2.45) is 5.10 Å². The molecule has 0 aliphatic heterocycles. The van der Waals surface area contributed by atoms with E-state index in [4.69, 9.17) is 18.7 Å². The third-order valence-corrected chi connectivity index (χ3v) is 4.42. The molecule has 0 spiro atoms. The van der Waals surface area contributed by atoms with Gasteiger partial charge in [0.05, 0.1) is 18.4 Å². The number of carboxylic acids is 1. The van der Waals surface area contributed by atoms with Crippen LogP contribution in [0.4, 0.5) is 0 Å². The molecule has 0 radical (unpaired) electrons. The monoisotopic (exact) mass is 418 g/mol. The second-order valence-corrected chi connectivity index (χ2v) is 6.53. The van der Waals surface area contributed by atoms with Crippen LogP contribution in [-0.2, 0) is 0 Å². The maximum absolute atomic E-state index is 12.3. The molecule has 2 aromatic carbocycles. The number of nitrogens with one attached hydrogen (secondary N) is 1. The first-order valence-electron chi connectivity index (χ1n) is 9.47. The first-order chi connectivity index (χ1) is 15.0. The largest absolute Gasteiger partial charge is 0.494 e. The van der Waals surface area contributed by atoms with Crippen molar-refractivity contribution >= 4 is 29.1 Å². The van der Waals surface area contributed by atoms with Gasteiger partial charge in [-0.3, -0.25) is 4.79 Å². The molecule has 0 atom stereocenters. The van der Waals surface area contributed by atoms with E-state index < -0.39 is 11.9 Å². The van der Waals surface area contributed by atoms with Crippen molar-refractivity contribution in [3.63, 3.8) is 0 Å². The Kier molecular flexibility index (Phi) is 5.53. The van der Waals surface area contributed by atoms with Gasteiger partial charge in [-0.15, -0.1) is 0 Å². The molecular weight excluding hydrogens is 400 g/mol. The zero-order chi connectivity index (χ0) is 21.8. The summed E-state index contributed by atoms with van der Waals surface area (Å²) in [5, 5.41) is 13.6. The average Bonchev–Trinajstić information content (AvgIpc) is 3.41. The van der Waals surface area contributed by atoms with Crippen LogP contribution in [0.1, 0.15) is 33.6 Å². The third-order valence-electron chi connectivity index (χ3n) is 4.42. The fourth-order valence-electron chi connectivity index (χ4n) is 2.95. The number of carbonyl (C=O) groups excluding carboxylic acids is 1. The van der Waals surface area contributed by atoms with Crippen LogP contribution in [0.25, 0.3) is 22.3 Å². The summed E-state index contributed by atoms with van der Waals surface area (Å²) in [7, 11) is 0. The van der Waals surface area contributed by atoms with Gasteiger partial charge in [-0.1, -0.05) is 12.1 Å². The van der Waals surface area contributed by atoms with E-state index in [2.05, 4.69) is 10.5 Å². The van der Waals surface area contributed by atoms with Crippen LogP contribution in [0.5, 0.6) is 5.75 Å². The fourth-order valence-corrected chi connectivity index (χ4v) is 2.95. The molecule has 4 rings (SSSR count). The van der Waals surface area contributed by atoms with Gasteiger partial charge in [-0.2, -0.15) is 5.10 Å². The number of nitrogens with zero attached hydrogens (tertiary/aromatic N) is 1. The van der Waals surface area contributed by atoms with Gasteiger partial charge in [0.25, 0.3) is 0 Å². The Morgan fingerprint density at radius 2 is 1.87 bits per heavy atom. The maximum atomic E-state index is 12.3. The van der Waals surface area contributed by atoms with E-state index in [1.165, 1.54) is 18.3 Å². The molecule has 31 heavy (non-hydrogen) atoms. The van der Waals surface area contributed by atoms with E-state index in [0.29, 0.717) is 29.5 Å². The summed E-state index contributed by atoms with van der Waals surface area (Å²) in [4.78, 5) is 23.2. The lowest BCUT2D eigenvalue weighted by Crippen LogP contribution is -2.16. The molecule has 2 N–H and O–H groups in total. The Balaban J connectivity index is 1.41. The third kappa shape index (κ3) is 4.48. The Bertz CT molecular complexity index is 1270. The number of fused-ring (bicyclic) bond motifs is 1. The Labute approximate surface area is 176 Å². The predicted octanol–water partition coefficient (Wildman–Crippen LogP) is 4.55. The summed E-state index contributed by atoms with van der Waals surface area (Å²) in [5.74, 6) is 0.303. The molecule has 8 heteroatoms. The van der Waals surface area contributed by atoms with E-state index in [0.717, 1.165) is 10.9 Å². The molecule has 0 bridgehead atoms. The average molecular weight is 418 g/mol. The highest BCUT2D eigenvalue weighted by Gasteiger charge is 2.12. The summed E-state index contributed by atoms with van der Waals surface area (Å²) in [6.45, 7) is 2.45. The summed E-state index contributed by atoms with van der Waals surface area (Å²) >= 11 is 0. The van der Waals surface area contributed by atoms with Gasteiger partial charge in [-0.25, -0.2) is 10.2 Å². The smallest absolute Gasteiger partial charge is 0.335 e. The van der Waals surface area contributed by atoms with E-state index in [9.17, 15) is 9.59 Å². The number of benzene rings is 2. The van der Waals surface area contributed by atoms with Gasteiger partial charge in [0.15, 0.2) is 5.76 Å². The van der Waals surface area contributed by atoms with Crippen LogP contribution in [0.15, 0.2) is 74.6 Å². The minimum Gasteiger partial charge on any atom is -0.494 e. The van der Waals surface area contributed by atoms with Gasteiger partial charge >= 0.3 is 11.9 Å². The van der Waals surface area contributed by atoms with Crippen molar-refractivity contribution in [1.29, 1.82) is 0 Å². The van der Waals surface area contributed by atoms with Gasteiger partial charge in [0.2, 0.25) is 0 Å². The zero-order valence-electron chi connectivity index (χ0n) is 16.5. The number of amides is 1. The number of hydrogen-bond donors (Lipinski definition) is 2. The van der Waals surface area contributed by atoms with Crippen molar-refractivity contribution in [2.45, 2.75) is 6.92 Å². The molecule has 8 nitrogen and oxygen atoms in total. The Morgan fingerprint density at radius 1 is 1.06 bits per heavy atom. The van der Waals surface area contributed by atoms with Gasteiger partial charge in [0.1, 0.15) is 22.9 Å². The Morgan fingerprint density at radius 3 is 2.61 bits per heavy atom. The number of ether oxygens (including phenoxy) is 1. The Hall–Kier alpha value is -4.33. The molecular formula is C23H18N2O6. The molecule has 2 aromatic heterocycles. The maximum Gasteiger partial charge on any atom is 0.335 e. The highest BCUT2D eigenvalue weighted by atomic mass is 16.5. The molecule has 1 amide bonds. The second kappa shape index (κ2) is 8.58. The second-order valence-electron chi connectivity index (χ2n) is 6.53. The predicted molar refractivity (Wildman–Crippen MR) is 114 cm³/mol. The number of aromatic carboxylic acids is 1. The fraction of sp³-hybridized carbons (Fsp3) is 0.0870. The van der Waals surface area contributed by atoms with Crippen LogP contribution in [0.2, 0.25) is 0 Å². The van der Waals surface area contributed by atoms with Gasteiger partial charge in [-0.05, 0) is 55.5 Å². The molecule has 0 saturated carbocycles. The molecule has 0 fully saturated rings. The first-order valence-corrected chi connectivity index (χ1v) is 9.47. The minimum atomic E-state index is -0.992. The topological polar surface area (TPSA) is 114 Å². The molecule has 0 saturated heterocycles. The number of furan rings is 2. The lowest BCUT2D eigenvalue weighted by molar-refractivity contribution is 0.0696. The first kappa shape index (κ1) is 20.0. The molecule has 0 aliphatic carbocycles. The van der Waals surface area contributed by atoms with Gasteiger partial charge in [0, 0.05) is 10.9 Å². The summed E-state index contributed by atoms with van der Waals surface area (Å²) < 4.78 is 16.6.